The van der Waals surface area contributed by atoms with Gasteiger partial charge in [-0.3, -0.25) is 0 Å². The van der Waals surface area contributed by atoms with Crippen LogP contribution in [-0.2, 0) is 0 Å². The second-order valence-corrected chi connectivity index (χ2v) is 4.76. The van der Waals surface area contributed by atoms with E-state index >= 15 is 0 Å². The summed E-state index contributed by atoms with van der Waals surface area (Å²) in [6.45, 7) is 4.02. The fourth-order valence-corrected chi connectivity index (χ4v) is 2.10. The molecule has 102 valence electrons. The number of nitrogens with one attached hydrogen (secondary N) is 1. The van der Waals surface area contributed by atoms with Gasteiger partial charge in [0.1, 0.15) is 11.5 Å². The normalized spacial score (nSPS) is 12.3. The Kier molecular flexibility index (Phi) is 3.29. The Bertz CT molecular complexity index is 669. The molecule has 0 aliphatic carbocycles. The topological polar surface area (TPSA) is 51.2 Å². The Hall–Kier alpha value is -2.49. The first-order chi connectivity index (χ1) is 9.72. The van der Waals surface area contributed by atoms with Crippen molar-refractivity contribution < 1.29 is 8.83 Å². The van der Waals surface area contributed by atoms with Crippen molar-refractivity contribution >= 4 is 5.69 Å². The van der Waals surface area contributed by atoms with Gasteiger partial charge in [-0.1, -0.05) is 0 Å². The Balaban J connectivity index is 1.72. The average molecular weight is 268 g/mol. The molecular weight excluding hydrogens is 252 g/mol. The van der Waals surface area contributed by atoms with Gasteiger partial charge in [-0.05, 0) is 50.2 Å². The van der Waals surface area contributed by atoms with Gasteiger partial charge in [0.25, 0.3) is 0 Å². The van der Waals surface area contributed by atoms with Crippen molar-refractivity contribution in [3.8, 4) is 11.3 Å². The molecule has 0 bridgehead atoms. The number of nitrogens with zero attached hydrogens (tertiary/aromatic N) is 1. The summed E-state index contributed by atoms with van der Waals surface area (Å²) in [5.74, 6) is 2.63. The van der Waals surface area contributed by atoms with Crippen LogP contribution in [0.4, 0.5) is 5.69 Å². The quantitative estimate of drug-likeness (QED) is 0.761. The van der Waals surface area contributed by atoms with Crippen molar-refractivity contribution in [1.82, 2.24) is 4.98 Å². The molecule has 2 aromatic heterocycles. The lowest BCUT2D eigenvalue weighted by Crippen LogP contribution is -2.05. The minimum absolute atomic E-state index is 0.125. The van der Waals surface area contributed by atoms with Crippen molar-refractivity contribution in [2.45, 2.75) is 19.9 Å². The maximum Gasteiger partial charge on any atom is 0.181 e. The molecule has 0 saturated carbocycles. The highest BCUT2D eigenvalue weighted by atomic mass is 16.3. The number of rotatable bonds is 4. The maximum atomic E-state index is 5.61. The highest BCUT2D eigenvalue weighted by Gasteiger charge is 2.09. The zero-order chi connectivity index (χ0) is 13.9. The van der Waals surface area contributed by atoms with E-state index in [0.717, 1.165) is 28.5 Å². The van der Waals surface area contributed by atoms with E-state index in [1.54, 1.807) is 6.20 Å². The standard InChI is InChI=1S/C16H16N2O2/c1-11-3-8-15(20-11)12(2)18-14-6-4-13(5-7-14)16-9-17-10-19-16/h3-10,12,18H,1-2H3. The van der Waals surface area contributed by atoms with Gasteiger partial charge in [-0.25, -0.2) is 4.98 Å². The van der Waals surface area contributed by atoms with Crippen LogP contribution in [-0.4, -0.2) is 4.98 Å². The number of aryl methyl sites for hydroxylation is 1. The Morgan fingerprint density at radius 2 is 1.90 bits per heavy atom. The van der Waals surface area contributed by atoms with E-state index in [2.05, 4.69) is 17.2 Å². The molecule has 4 nitrogen and oxygen atoms in total. The Morgan fingerprint density at radius 3 is 2.50 bits per heavy atom. The number of benzene rings is 1. The van der Waals surface area contributed by atoms with Gasteiger partial charge < -0.3 is 14.2 Å². The fourth-order valence-electron chi connectivity index (χ4n) is 2.10. The van der Waals surface area contributed by atoms with Crippen molar-refractivity contribution in [2.24, 2.45) is 0 Å². The Labute approximate surface area is 117 Å². The van der Waals surface area contributed by atoms with E-state index in [4.69, 9.17) is 8.83 Å². The van der Waals surface area contributed by atoms with Crippen molar-refractivity contribution in [1.29, 1.82) is 0 Å². The van der Waals surface area contributed by atoms with Gasteiger partial charge in [0.05, 0.1) is 12.2 Å². The van der Waals surface area contributed by atoms with E-state index in [1.807, 2.05) is 43.3 Å². The molecule has 0 amide bonds. The van der Waals surface area contributed by atoms with Crippen LogP contribution in [0.1, 0.15) is 24.5 Å². The maximum absolute atomic E-state index is 5.61. The lowest BCUT2D eigenvalue weighted by atomic mass is 10.1. The van der Waals surface area contributed by atoms with Gasteiger partial charge >= 0.3 is 0 Å². The number of anilines is 1. The second-order valence-electron chi connectivity index (χ2n) is 4.76. The number of oxazole rings is 1. The largest absolute Gasteiger partial charge is 0.464 e. The summed E-state index contributed by atoms with van der Waals surface area (Å²) in [6, 6.07) is 12.1. The van der Waals surface area contributed by atoms with Crippen LogP contribution in [0, 0.1) is 6.92 Å². The molecule has 0 saturated heterocycles. The predicted molar refractivity (Wildman–Crippen MR) is 77.4 cm³/mol. The minimum Gasteiger partial charge on any atom is -0.464 e. The zero-order valence-electron chi connectivity index (χ0n) is 11.5. The van der Waals surface area contributed by atoms with Crippen molar-refractivity contribution in [3.63, 3.8) is 0 Å². The molecule has 3 aromatic rings. The number of aromatic nitrogens is 1. The summed E-state index contributed by atoms with van der Waals surface area (Å²) < 4.78 is 10.9. The van der Waals surface area contributed by atoms with Gasteiger partial charge in [0.2, 0.25) is 0 Å². The lowest BCUT2D eigenvalue weighted by Gasteiger charge is -2.13. The smallest absolute Gasteiger partial charge is 0.181 e. The summed E-state index contributed by atoms with van der Waals surface area (Å²) in [4.78, 5) is 3.92. The summed E-state index contributed by atoms with van der Waals surface area (Å²) in [5.41, 5.74) is 2.05. The van der Waals surface area contributed by atoms with Gasteiger partial charge in [0, 0.05) is 11.3 Å². The molecular formula is C16H16N2O2. The predicted octanol–water partition coefficient (Wildman–Crippen LogP) is 4.42. The fraction of sp³-hybridized carbons (Fsp3) is 0.188. The highest BCUT2D eigenvalue weighted by Crippen LogP contribution is 2.24. The van der Waals surface area contributed by atoms with Gasteiger partial charge in [0.15, 0.2) is 12.2 Å². The third kappa shape index (κ3) is 2.59. The first-order valence-corrected chi connectivity index (χ1v) is 6.54. The van der Waals surface area contributed by atoms with Crippen molar-refractivity contribution in [2.75, 3.05) is 5.32 Å². The second kappa shape index (κ2) is 5.25. The monoisotopic (exact) mass is 268 g/mol. The average Bonchev–Trinajstić information content (AvgIpc) is 3.10. The minimum atomic E-state index is 0.125. The van der Waals surface area contributed by atoms with Crippen LogP contribution >= 0.6 is 0 Å². The van der Waals surface area contributed by atoms with Crippen molar-refractivity contribution in [3.05, 3.63) is 60.5 Å². The third-order valence-corrected chi connectivity index (χ3v) is 3.17. The third-order valence-electron chi connectivity index (χ3n) is 3.17. The van der Waals surface area contributed by atoms with Crippen LogP contribution in [0.3, 0.4) is 0 Å². The summed E-state index contributed by atoms with van der Waals surface area (Å²) in [7, 11) is 0. The molecule has 1 aromatic carbocycles. The van der Waals surface area contributed by atoms with Crippen LogP contribution in [0.25, 0.3) is 11.3 Å². The molecule has 0 fully saturated rings. The SMILES string of the molecule is Cc1ccc(C(C)Nc2ccc(-c3cnco3)cc2)o1. The number of hydrogen-bond acceptors (Lipinski definition) is 4. The first-order valence-electron chi connectivity index (χ1n) is 6.54. The van der Waals surface area contributed by atoms with Crippen LogP contribution in [0.2, 0.25) is 0 Å². The highest BCUT2D eigenvalue weighted by molar-refractivity contribution is 5.60. The van der Waals surface area contributed by atoms with Crippen LogP contribution in [0.5, 0.6) is 0 Å². The van der Waals surface area contributed by atoms with Gasteiger partial charge in [-0.2, -0.15) is 0 Å². The summed E-state index contributed by atoms with van der Waals surface area (Å²) >= 11 is 0. The number of furan rings is 1. The molecule has 1 atom stereocenters. The Morgan fingerprint density at radius 1 is 1.10 bits per heavy atom. The van der Waals surface area contributed by atoms with E-state index < -0.39 is 0 Å². The summed E-state index contributed by atoms with van der Waals surface area (Å²) in [6.07, 6.45) is 3.14. The molecule has 3 rings (SSSR count). The molecule has 0 aliphatic rings. The molecule has 2 heterocycles. The molecule has 20 heavy (non-hydrogen) atoms. The van der Waals surface area contributed by atoms with E-state index in [9.17, 15) is 0 Å². The van der Waals surface area contributed by atoms with E-state index in [0.29, 0.717) is 0 Å². The molecule has 4 heteroatoms. The zero-order valence-corrected chi connectivity index (χ0v) is 11.5. The van der Waals surface area contributed by atoms with Crippen LogP contribution < -0.4 is 5.32 Å². The van der Waals surface area contributed by atoms with E-state index in [1.165, 1.54) is 6.39 Å². The summed E-state index contributed by atoms with van der Waals surface area (Å²) in [5, 5.41) is 3.40. The number of hydrogen-bond donors (Lipinski definition) is 1. The first kappa shape index (κ1) is 12.5. The van der Waals surface area contributed by atoms with Crippen LogP contribution in [0.15, 0.2) is 57.8 Å². The van der Waals surface area contributed by atoms with E-state index in [-0.39, 0.29) is 6.04 Å². The molecule has 1 N–H and O–H groups in total. The molecule has 1 unspecified atom stereocenters. The molecule has 0 radical (unpaired) electrons. The molecule has 0 spiro atoms. The lowest BCUT2D eigenvalue weighted by molar-refractivity contribution is 0.467. The van der Waals surface area contributed by atoms with Gasteiger partial charge in [-0.15, -0.1) is 0 Å². The molecule has 0 aliphatic heterocycles.